The highest BCUT2D eigenvalue weighted by molar-refractivity contribution is 5.89. The molecule has 1 N–H and O–H groups in total. The zero-order valence-electron chi connectivity index (χ0n) is 12.2. The summed E-state index contributed by atoms with van der Waals surface area (Å²) in [5.41, 5.74) is 1.46. The Kier molecular flexibility index (Phi) is 4.60. The number of hydrogen-bond acceptors (Lipinski definition) is 6. The summed E-state index contributed by atoms with van der Waals surface area (Å²) < 4.78 is 10.8. The predicted octanol–water partition coefficient (Wildman–Crippen LogP) is 1.86. The van der Waals surface area contributed by atoms with Gasteiger partial charge in [-0.1, -0.05) is 30.3 Å². The van der Waals surface area contributed by atoms with Gasteiger partial charge in [-0.05, 0) is 5.56 Å². The monoisotopic (exact) mass is 298 g/mol. The van der Waals surface area contributed by atoms with Crippen LogP contribution in [0.4, 0.5) is 5.82 Å². The van der Waals surface area contributed by atoms with Gasteiger partial charge >= 0.3 is 0 Å². The molecular weight excluding hydrogens is 280 g/mol. The predicted molar refractivity (Wildman–Crippen MR) is 83.1 cm³/mol. The van der Waals surface area contributed by atoms with Crippen LogP contribution in [-0.4, -0.2) is 42.2 Å². The molecule has 1 aliphatic heterocycles. The normalized spacial score (nSPS) is 14.6. The lowest BCUT2D eigenvalue weighted by Gasteiger charge is -2.27. The van der Waals surface area contributed by atoms with Crippen molar-refractivity contribution in [3.63, 3.8) is 0 Å². The molecule has 1 fully saturated rings. The van der Waals surface area contributed by atoms with Crippen molar-refractivity contribution in [3.05, 3.63) is 54.0 Å². The fourth-order valence-electron chi connectivity index (χ4n) is 2.21. The van der Waals surface area contributed by atoms with E-state index in [9.17, 15) is 0 Å². The van der Waals surface area contributed by atoms with Gasteiger partial charge in [-0.2, -0.15) is 0 Å². The summed E-state index contributed by atoms with van der Waals surface area (Å²) in [6, 6.07) is 9.76. The van der Waals surface area contributed by atoms with Crippen molar-refractivity contribution in [2.24, 2.45) is 0 Å². The Hall–Kier alpha value is -2.47. The third-order valence-electron chi connectivity index (χ3n) is 3.42. The molecule has 22 heavy (non-hydrogen) atoms. The van der Waals surface area contributed by atoms with Crippen LogP contribution in [0.25, 0.3) is 0 Å². The Morgan fingerprint density at radius 1 is 1.18 bits per heavy atom. The molecule has 3 rings (SSSR count). The highest BCUT2D eigenvalue weighted by Gasteiger charge is 2.14. The first-order chi connectivity index (χ1) is 10.8. The van der Waals surface area contributed by atoms with E-state index in [-0.39, 0.29) is 5.90 Å². The van der Waals surface area contributed by atoms with E-state index in [4.69, 9.17) is 14.9 Å². The number of aromatic nitrogens is 2. The topological polar surface area (TPSA) is 71.3 Å². The lowest BCUT2D eigenvalue weighted by Crippen LogP contribution is -2.37. The van der Waals surface area contributed by atoms with Crippen molar-refractivity contribution in [2.45, 2.75) is 6.61 Å². The number of rotatable bonds is 4. The number of benzene rings is 1. The molecule has 1 aliphatic rings. The quantitative estimate of drug-likeness (QED) is 0.689. The number of anilines is 1. The largest absolute Gasteiger partial charge is 0.472 e. The van der Waals surface area contributed by atoms with Crippen molar-refractivity contribution in [1.82, 2.24) is 9.97 Å². The minimum Gasteiger partial charge on any atom is -0.472 e. The highest BCUT2D eigenvalue weighted by atomic mass is 16.5. The second-order valence-electron chi connectivity index (χ2n) is 4.97. The van der Waals surface area contributed by atoms with E-state index in [1.807, 2.05) is 30.3 Å². The zero-order valence-corrected chi connectivity index (χ0v) is 12.2. The van der Waals surface area contributed by atoms with Crippen LogP contribution >= 0.6 is 0 Å². The van der Waals surface area contributed by atoms with Gasteiger partial charge in [0.2, 0.25) is 5.90 Å². The minimum absolute atomic E-state index is 0.0338. The molecule has 114 valence electrons. The lowest BCUT2D eigenvalue weighted by atomic mass is 10.2. The Morgan fingerprint density at radius 2 is 1.95 bits per heavy atom. The van der Waals surface area contributed by atoms with Gasteiger partial charge < -0.3 is 14.4 Å². The molecule has 0 saturated carbocycles. The van der Waals surface area contributed by atoms with E-state index in [1.165, 1.54) is 0 Å². The van der Waals surface area contributed by atoms with Gasteiger partial charge in [0.15, 0.2) is 0 Å². The molecular formula is C16H18N4O2. The minimum atomic E-state index is 0.0338. The lowest BCUT2D eigenvalue weighted by molar-refractivity contribution is 0.122. The molecule has 0 atom stereocenters. The Morgan fingerprint density at radius 3 is 2.73 bits per heavy atom. The van der Waals surface area contributed by atoms with Crippen LogP contribution in [0, 0.1) is 5.41 Å². The summed E-state index contributed by atoms with van der Waals surface area (Å²) in [5.74, 6) is 0.792. The average Bonchev–Trinajstić information content (AvgIpc) is 2.61. The number of morpholine rings is 1. The van der Waals surface area contributed by atoms with Crippen LogP contribution in [0.1, 0.15) is 11.3 Å². The molecule has 6 heteroatoms. The van der Waals surface area contributed by atoms with Crippen molar-refractivity contribution < 1.29 is 9.47 Å². The maximum atomic E-state index is 8.02. The van der Waals surface area contributed by atoms with Gasteiger partial charge in [-0.15, -0.1) is 0 Å². The molecule has 0 bridgehead atoms. The first-order valence-electron chi connectivity index (χ1n) is 7.23. The number of hydrogen-bond donors (Lipinski definition) is 1. The maximum absolute atomic E-state index is 8.02. The summed E-state index contributed by atoms with van der Waals surface area (Å²) in [7, 11) is 0. The van der Waals surface area contributed by atoms with Crippen molar-refractivity contribution in [1.29, 1.82) is 5.41 Å². The Balaban J connectivity index is 1.64. The van der Waals surface area contributed by atoms with Gasteiger partial charge in [-0.3, -0.25) is 10.4 Å². The summed E-state index contributed by atoms with van der Waals surface area (Å²) in [6.07, 6.45) is 3.26. The third-order valence-corrected chi connectivity index (χ3v) is 3.42. The van der Waals surface area contributed by atoms with E-state index in [2.05, 4.69) is 14.9 Å². The van der Waals surface area contributed by atoms with Gasteiger partial charge in [0.1, 0.15) is 18.1 Å². The molecule has 2 heterocycles. The van der Waals surface area contributed by atoms with Crippen LogP contribution in [0.3, 0.4) is 0 Å². The fraction of sp³-hybridized carbons (Fsp3) is 0.312. The standard InChI is InChI=1S/C16H18N4O2/c17-16(22-12-13-4-2-1-3-5-13)14-10-18-11-15(19-14)20-6-8-21-9-7-20/h1-5,10-11,17H,6-9,12H2. The Bertz CT molecular complexity index is 627. The van der Waals surface area contributed by atoms with Gasteiger partial charge in [0.05, 0.1) is 25.6 Å². The molecule has 1 aromatic heterocycles. The van der Waals surface area contributed by atoms with E-state index in [0.29, 0.717) is 25.5 Å². The highest BCUT2D eigenvalue weighted by Crippen LogP contribution is 2.12. The van der Waals surface area contributed by atoms with E-state index in [0.717, 1.165) is 24.5 Å². The first kappa shape index (κ1) is 14.5. The van der Waals surface area contributed by atoms with Crippen LogP contribution in [-0.2, 0) is 16.1 Å². The van der Waals surface area contributed by atoms with Crippen LogP contribution in [0.5, 0.6) is 0 Å². The smallest absolute Gasteiger partial charge is 0.234 e. The van der Waals surface area contributed by atoms with Crippen LogP contribution < -0.4 is 4.90 Å². The zero-order chi connectivity index (χ0) is 15.2. The SMILES string of the molecule is N=C(OCc1ccccc1)c1cncc(N2CCOCC2)n1. The van der Waals surface area contributed by atoms with E-state index in [1.54, 1.807) is 12.4 Å². The second kappa shape index (κ2) is 7.00. The van der Waals surface area contributed by atoms with Crippen LogP contribution in [0.2, 0.25) is 0 Å². The van der Waals surface area contributed by atoms with E-state index >= 15 is 0 Å². The summed E-state index contributed by atoms with van der Waals surface area (Å²) >= 11 is 0. The van der Waals surface area contributed by atoms with Crippen molar-refractivity contribution >= 4 is 11.7 Å². The van der Waals surface area contributed by atoms with Gasteiger partial charge in [0, 0.05) is 13.1 Å². The summed E-state index contributed by atoms with van der Waals surface area (Å²) in [5, 5.41) is 8.02. The molecule has 1 aromatic carbocycles. The summed E-state index contributed by atoms with van der Waals surface area (Å²) in [6.45, 7) is 3.30. The Labute approximate surface area is 129 Å². The van der Waals surface area contributed by atoms with Crippen LogP contribution in [0.15, 0.2) is 42.7 Å². The molecule has 0 spiro atoms. The molecule has 0 unspecified atom stereocenters. The third kappa shape index (κ3) is 3.59. The summed E-state index contributed by atoms with van der Waals surface area (Å²) in [4.78, 5) is 10.7. The van der Waals surface area contributed by atoms with Gasteiger partial charge in [-0.25, -0.2) is 4.98 Å². The molecule has 0 amide bonds. The number of nitrogens with zero attached hydrogens (tertiary/aromatic N) is 3. The fourth-order valence-corrected chi connectivity index (χ4v) is 2.21. The first-order valence-corrected chi connectivity index (χ1v) is 7.23. The average molecular weight is 298 g/mol. The van der Waals surface area contributed by atoms with Crippen molar-refractivity contribution in [2.75, 3.05) is 31.2 Å². The molecule has 0 aliphatic carbocycles. The molecule has 2 aromatic rings. The molecule has 6 nitrogen and oxygen atoms in total. The van der Waals surface area contributed by atoms with Gasteiger partial charge in [0.25, 0.3) is 0 Å². The van der Waals surface area contributed by atoms with E-state index < -0.39 is 0 Å². The molecule has 1 saturated heterocycles. The maximum Gasteiger partial charge on any atom is 0.234 e. The number of ether oxygens (including phenoxy) is 2. The molecule has 0 radical (unpaired) electrons. The second-order valence-corrected chi connectivity index (χ2v) is 4.97. The van der Waals surface area contributed by atoms with Crippen molar-refractivity contribution in [3.8, 4) is 0 Å². The number of nitrogens with one attached hydrogen (secondary N) is 1.